The summed E-state index contributed by atoms with van der Waals surface area (Å²) in [6.07, 6.45) is 15.4. The van der Waals surface area contributed by atoms with Crippen LogP contribution in [-0.2, 0) is 6.42 Å². The zero-order valence-electron chi connectivity index (χ0n) is 28.9. The molecule has 49 heavy (non-hydrogen) atoms. The summed E-state index contributed by atoms with van der Waals surface area (Å²) in [4.78, 5) is 15.4. The van der Waals surface area contributed by atoms with Crippen molar-refractivity contribution in [1.82, 2.24) is 15.1 Å². The Kier molecular flexibility index (Phi) is 8.82. The Labute approximate surface area is 291 Å². The Morgan fingerprint density at radius 1 is 1.00 bits per heavy atom. The minimum absolute atomic E-state index is 0.405. The SMILES string of the molecule is C=N/C(=C1/C=C(Cc2ccccc2C#N)C(c2cc(C)cc3ccccc23)=CC1=NCCCC12CCCN1CCC2)N1CC2CCC(C1)N2. The van der Waals surface area contributed by atoms with E-state index in [2.05, 4.69) is 89.4 Å². The quantitative estimate of drug-likeness (QED) is 0.190. The molecule has 4 saturated heterocycles. The highest BCUT2D eigenvalue weighted by molar-refractivity contribution is 6.19. The van der Waals surface area contributed by atoms with Crippen LogP contribution in [0.15, 0.2) is 99.8 Å². The Hall–Kier alpha value is -4.31. The lowest BCUT2D eigenvalue weighted by Gasteiger charge is -2.36. The van der Waals surface area contributed by atoms with Crippen molar-refractivity contribution >= 4 is 28.8 Å². The molecule has 4 heterocycles. The number of nitrogens with one attached hydrogen (secondary N) is 1. The van der Waals surface area contributed by atoms with E-state index in [1.54, 1.807) is 0 Å². The molecule has 1 aliphatic carbocycles. The fourth-order valence-electron chi connectivity index (χ4n) is 9.58. The van der Waals surface area contributed by atoms with Crippen LogP contribution in [0.2, 0.25) is 0 Å². The first kappa shape index (κ1) is 31.9. The molecule has 250 valence electrons. The van der Waals surface area contributed by atoms with E-state index in [1.807, 2.05) is 18.2 Å². The van der Waals surface area contributed by atoms with E-state index in [9.17, 15) is 5.26 Å². The number of likely N-dealkylation sites (tertiary alicyclic amines) is 1. The maximum atomic E-state index is 10.1. The normalized spacial score (nSPS) is 24.9. The fraction of sp³-hybridized carbons (Fsp3) is 0.419. The van der Waals surface area contributed by atoms with Crippen LogP contribution in [0.5, 0.6) is 0 Å². The largest absolute Gasteiger partial charge is 0.353 e. The number of piperazine rings is 1. The molecule has 4 fully saturated rings. The van der Waals surface area contributed by atoms with Crippen LogP contribution in [0.1, 0.15) is 73.6 Å². The van der Waals surface area contributed by atoms with Crippen molar-refractivity contribution in [2.75, 3.05) is 32.7 Å². The molecule has 6 nitrogen and oxygen atoms in total. The predicted octanol–water partition coefficient (Wildman–Crippen LogP) is 7.78. The molecule has 1 N–H and O–H groups in total. The Balaban J connectivity index is 1.25. The van der Waals surface area contributed by atoms with Crippen LogP contribution in [0, 0.1) is 18.3 Å². The number of aryl methyl sites for hydroxylation is 1. The third-order valence-corrected chi connectivity index (χ3v) is 11.8. The second-order valence-electron chi connectivity index (χ2n) is 14.9. The van der Waals surface area contributed by atoms with Gasteiger partial charge in [0.2, 0.25) is 0 Å². The molecule has 2 bridgehead atoms. The lowest BCUT2D eigenvalue weighted by Crippen LogP contribution is -2.50. The number of aliphatic imine (C=N–C) groups is 2. The highest BCUT2D eigenvalue weighted by atomic mass is 15.3. The van der Waals surface area contributed by atoms with Crippen molar-refractivity contribution in [2.45, 2.75) is 82.3 Å². The van der Waals surface area contributed by atoms with E-state index in [1.165, 1.54) is 91.1 Å². The number of nitrogens with zero attached hydrogens (tertiary/aromatic N) is 5. The zero-order valence-corrected chi connectivity index (χ0v) is 28.9. The zero-order chi connectivity index (χ0) is 33.4. The van der Waals surface area contributed by atoms with Gasteiger partial charge in [-0.05, 0) is 141 Å². The molecule has 0 spiro atoms. The minimum atomic E-state index is 0.405. The van der Waals surface area contributed by atoms with Crippen molar-refractivity contribution in [1.29, 1.82) is 5.26 Å². The van der Waals surface area contributed by atoms with Crippen molar-refractivity contribution < 1.29 is 0 Å². The molecule has 2 unspecified atom stereocenters. The van der Waals surface area contributed by atoms with Gasteiger partial charge in [-0.3, -0.25) is 9.89 Å². The maximum Gasteiger partial charge on any atom is 0.137 e. The molecular formula is C43H48N6. The Morgan fingerprint density at radius 2 is 1.76 bits per heavy atom. The van der Waals surface area contributed by atoms with Crippen molar-refractivity contribution in [3.8, 4) is 6.07 Å². The molecule has 2 atom stereocenters. The molecule has 0 saturated carbocycles. The van der Waals surface area contributed by atoms with Gasteiger partial charge in [-0.1, -0.05) is 54.6 Å². The topological polar surface area (TPSA) is 67.0 Å². The summed E-state index contributed by atoms with van der Waals surface area (Å²) in [5.41, 5.74) is 9.01. The molecule has 6 heteroatoms. The van der Waals surface area contributed by atoms with E-state index < -0.39 is 0 Å². The smallest absolute Gasteiger partial charge is 0.137 e. The first-order chi connectivity index (χ1) is 24.0. The number of hydrogen-bond acceptors (Lipinski definition) is 6. The molecular weight excluding hydrogens is 601 g/mol. The first-order valence-electron chi connectivity index (χ1n) is 18.5. The van der Waals surface area contributed by atoms with Gasteiger partial charge in [-0.25, -0.2) is 4.99 Å². The molecule has 8 rings (SSSR count). The number of nitriles is 1. The van der Waals surface area contributed by atoms with Gasteiger partial charge in [-0.15, -0.1) is 0 Å². The summed E-state index contributed by atoms with van der Waals surface area (Å²) in [5.74, 6) is 0.934. The van der Waals surface area contributed by atoms with Crippen LogP contribution in [0.4, 0.5) is 0 Å². The third kappa shape index (κ3) is 6.20. The summed E-state index contributed by atoms with van der Waals surface area (Å²) < 4.78 is 0. The molecule has 0 radical (unpaired) electrons. The number of allylic oxidation sites excluding steroid dienone is 5. The van der Waals surface area contributed by atoms with Gasteiger partial charge in [0, 0.05) is 42.8 Å². The molecule has 3 aromatic carbocycles. The van der Waals surface area contributed by atoms with Crippen LogP contribution in [0.25, 0.3) is 16.3 Å². The summed E-state index contributed by atoms with van der Waals surface area (Å²) in [7, 11) is 0. The molecule has 0 amide bonds. The first-order valence-corrected chi connectivity index (χ1v) is 18.5. The Bertz CT molecular complexity index is 1920. The second kappa shape index (κ2) is 13.5. The predicted molar refractivity (Wildman–Crippen MR) is 202 cm³/mol. The molecule has 3 aromatic rings. The van der Waals surface area contributed by atoms with Gasteiger partial charge in [0.25, 0.3) is 0 Å². The fourth-order valence-corrected chi connectivity index (χ4v) is 9.58. The highest BCUT2D eigenvalue weighted by Crippen LogP contribution is 2.42. The summed E-state index contributed by atoms with van der Waals surface area (Å²) in [6, 6.07) is 24.7. The van der Waals surface area contributed by atoms with Crippen molar-refractivity contribution in [2.24, 2.45) is 9.98 Å². The van der Waals surface area contributed by atoms with Gasteiger partial charge in [0.05, 0.1) is 17.3 Å². The number of benzene rings is 3. The van der Waals surface area contributed by atoms with Crippen molar-refractivity contribution in [3.63, 3.8) is 0 Å². The van der Waals surface area contributed by atoms with Crippen molar-refractivity contribution in [3.05, 3.63) is 112 Å². The van der Waals surface area contributed by atoms with Crippen LogP contribution in [0.3, 0.4) is 0 Å². The summed E-state index contributed by atoms with van der Waals surface area (Å²) in [5, 5.41) is 16.3. The van der Waals surface area contributed by atoms with E-state index in [-0.39, 0.29) is 0 Å². The summed E-state index contributed by atoms with van der Waals surface area (Å²) in [6.45, 7) is 11.5. The molecule has 5 aliphatic rings. The molecule has 0 aromatic heterocycles. The average molecular weight is 649 g/mol. The second-order valence-corrected chi connectivity index (χ2v) is 14.9. The van der Waals surface area contributed by atoms with Gasteiger partial charge in [-0.2, -0.15) is 5.26 Å². The number of fused-ring (bicyclic) bond motifs is 4. The van der Waals surface area contributed by atoms with E-state index in [4.69, 9.17) is 9.98 Å². The average Bonchev–Trinajstić information content (AvgIpc) is 3.81. The van der Waals surface area contributed by atoms with Gasteiger partial charge < -0.3 is 10.2 Å². The van der Waals surface area contributed by atoms with E-state index in [0.717, 1.165) is 54.3 Å². The van der Waals surface area contributed by atoms with E-state index in [0.29, 0.717) is 24.0 Å². The number of rotatable bonds is 9. The van der Waals surface area contributed by atoms with E-state index >= 15 is 0 Å². The lowest BCUT2D eigenvalue weighted by atomic mass is 9.82. The summed E-state index contributed by atoms with van der Waals surface area (Å²) >= 11 is 0. The van der Waals surface area contributed by atoms with Crippen LogP contribution < -0.4 is 5.32 Å². The number of hydrogen-bond donors (Lipinski definition) is 1. The van der Waals surface area contributed by atoms with Gasteiger partial charge in [0.15, 0.2) is 0 Å². The van der Waals surface area contributed by atoms with Crippen LogP contribution >= 0.6 is 0 Å². The van der Waals surface area contributed by atoms with Crippen LogP contribution in [-0.4, -0.2) is 72.6 Å². The van der Waals surface area contributed by atoms with Gasteiger partial charge >= 0.3 is 0 Å². The Morgan fingerprint density at radius 3 is 2.53 bits per heavy atom. The standard InChI is InChI=1S/C43H48N6/c1-30-22-32-11-5-6-13-37(32)39(23-30)38-26-41(46-19-7-16-43-17-8-20-49(43)21-9-18-43)40(25-34(38)24-31-10-3-4-12-33(31)27-44)42(45-2)48-28-35-14-15-36(29-48)47-35/h3-6,10-13,22-23,25-26,35-36,47H,2,7-9,14-21,24,28-29H2,1H3/b42-40+,46-41?. The lowest BCUT2D eigenvalue weighted by molar-refractivity contribution is 0.180. The minimum Gasteiger partial charge on any atom is -0.353 e. The highest BCUT2D eigenvalue weighted by Gasteiger charge is 2.43. The monoisotopic (exact) mass is 648 g/mol. The maximum absolute atomic E-state index is 10.1. The van der Waals surface area contributed by atoms with Gasteiger partial charge in [0.1, 0.15) is 5.82 Å². The molecule has 4 aliphatic heterocycles. The third-order valence-electron chi connectivity index (χ3n) is 11.8.